The van der Waals surface area contributed by atoms with Crippen LogP contribution >= 0.6 is 0 Å². The van der Waals surface area contributed by atoms with Gasteiger partial charge in [-0.25, -0.2) is 37.1 Å². The van der Waals surface area contributed by atoms with Gasteiger partial charge in [0.1, 0.15) is 11.6 Å². The summed E-state index contributed by atoms with van der Waals surface area (Å²) >= 11 is 0. The molecule has 200 valence electrons. The van der Waals surface area contributed by atoms with Gasteiger partial charge in [-0.15, -0.1) is 5.10 Å². The van der Waals surface area contributed by atoms with Gasteiger partial charge in [0, 0.05) is 18.6 Å². The number of halogens is 2. The fourth-order valence-corrected chi connectivity index (χ4v) is 6.73. The lowest BCUT2D eigenvalue weighted by atomic mass is 9.66. The van der Waals surface area contributed by atoms with E-state index in [9.17, 15) is 17.2 Å². The molecule has 2 atom stereocenters. The number of aromatic nitrogens is 6. The maximum Gasteiger partial charge on any atom is 0.236 e. The molecule has 0 amide bonds. The molecule has 12 heteroatoms. The minimum absolute atomic E-state index is 0.0304. The van der Waals surface area contributed by atoms with Crippen molar-refractivity contribution in [3.05, 3.63) is 77.5 Å². The highest BCUT2D eigenvalue weighted by Gasteiger charge is 2.65. The Morgan fingerprint density at radius 3 is 2.46 bits per heavy atom. The van der Waals surface area contributed by atoms with Crippen molar-refractivity contribution in [1.29, 1.82) is 0 Å². The first kappa shape index (κ1) is 25.4. The second-order valence-electron chi connectivity index (χ2n) is 10.4. The van der Waals surface area contributed by atoms with Gasteiger partial charge in [-0.05, 0) is 60.9 Å². The molecule has 4 aromatic rings. The Morgan fingerprint density at radius 1 is 1.05 bits per heavy atom. The summed E-state index contributed by atoms with van der Waals surface area (Å²) in [5.41, 5.74) is 2.06. The molecule has 3 aromatic heterocycles. The molecule has 2 aliphatic carbocycles. The number of nitrogens with zero attached hydrogens (tertiary/aromatic N) is 6. The molecule has 0 radical (unpaired) electrons. The Kier molecular flexibility index (Phi) is 5.72. The third kappa shape index (κ3) is 3.80. The van der Waals surface area contributed by atoms with Crippen molar-refractivity contribution in [1.82, 2.24) is 30.1 Å². The van der Waals surface area contributed by atoms with Gasteiger partial charge in [0.05, 0.1) is 39.4 Å². The van der Waals surface area contributed by atoms with Crippen LogP contribution in [0.3, 0.4) is 0 Å². The Hall–Kier alpha value is -3.93. The lowest BCUT2D eigenvalue weighted by Gasteiger charge is -2.37. The monoisotopic (exact) mass is 549 g/mol. The summed E-state index contributed by atoms with van der Waals surface area (Å²) in [7, 11) is -3.50. The van der Waals surface area contributed by atoms with E-state index in [2.05, 4.69) is 43.7 Å². The highest BCUT2D eigenvalue weighted by Crippen LogP contribution is 2.69. The van der Waals surface area contributed by atoms with Crippen LogP contribution < -0.4 is 4.72 Å². The molecule has 1 fully saturated rings. The lowest BCUT2D eigenvalue weighted by Crippen LogP contribution is -2.38. The van der Waals surface area contributed by atoms with E-state index in [4.69, 9.17) is 4.98 Å². The lowest BCUT2D eigenvalue weighted by molar-refractivity contribution is 0.243. The first-order valence-corrected chi connectivity index (χ1v) is 14.2. The molecule has 3 heterocycles. The highest BCUT2D eigenvalue weighted by molar-refractivity contribution is 7.92. The van der Waals surface area contributed by atoms with Crippen LogP contribution in [0.15, 0.2) is 48.9 Å². The third-order valence-corrected chi connectivity index (χ3v) is 9.48. The fraction of sp³-hybridized carbons (Fsp3) is 0.333. The zero-order valence-corrected chi connectivity index (χ0v) is 22.3. The second-order valence-corrected chi connectivity index (χ2v) is 12.4. The van der Waals surface area contributed by atoms with E-state index in [-0.39, 0.29) is 34.3 Å². The van der Waals surface area contributed by atoms with E-state index in [1.54, 1.807) is 12.3 Å². The van der Waals surface area contributed by atoms with E-state index >= 15 is 0 Å². The van der Waals surface area contributed by atoms with Crippen molar-refractivity contribution in [3.8, 4) is 22.6 Å². The molecule has 1 saturated carbocycles. The summed E-state index contributed by atoms with van der Waals surface area (Å²) in [4.78, 5) is 17.5. The summed E-state index contributed by atoms with van der Waals surface area (Å²) in [6, 6.07) is 7.37. The molecule has 39 heavy (non-hydrogen) atoms. The molecular weight excluding hydrogens is 524 g/mol. The second kappa shape index (κ2) is 8.80. The molecule has 0 spiro atoms. The zero-order valence-electron chi connectivity index (χ0n) is 21.5. The van der Waals surface area contributed by atoms with Crippen LogP contribution in [-0.2, 0) is 15.4 Å². The average molecular weight is 550 g/mol. The standard InChI is InChI=1S/C27H25F2N7O2S/c1-4-39(37,38)36-25-31-13-15(14-32-25)24-30-11-9-21(33-24)27-10-8-17(26(27,2)3)16-12-20(34-35-23(16)27)22-18(28)6-5-7-19(22)29/h5-7,9,11-14,17H,4,8,10H2,1-3H3,(H,31,32,36)/t17-,27-/m0/s1. The minimum Gasteiger partial charge on any atom is -0.251 e. The van der Waals surface area contributed by atoms with E-state index < -0.39 is 27.1 Å². The van der Waals surface area contributed by atoms with Crippen LogP contribution in [0, 0.1) is 17.0 Å². The molecule has 1 N–H and O–H groups in total. The summed E-state index contributed by atoms with van der Waals surface area (Å²) in [6.45, 7) is 5.85. The van der Waals surface area contributed by atoms with E-state index in [1.807, 2.05) is 6.07 Å². The quantitative estimate of drug-likeness (QED) is 0.369. The topological polar surface area (TPSA) is 124 Å². The number of hydrogen-bond donors (Lipinski definition) is 1. The predicted molar refractivity (Wildman–Crippen MR) is 140 cm³/mol. The largest absolute Gasteiger partial charge is 0.251 e. The normalized spacial score (nSPS) is 21.1. The Morgan fingerprint density at radius 2 is 1.77 bits per heavy atom. The van der Waals surface area contributed by atoms with Gasteiger partial charge >= 0.3 is 0 Å². The van der Waals surface area contributed by atoms with Crippen LogP contribution in [0.5, 0.6) is 0 Å². The maximum absolute atomic E-state index is 14.5. The fourth-order valence-electron chi connectivity index (χ4n) is 6.20. The Labute approximate surface area is 224 Å². The smallest absolute Gasteiger partial charge is 0.236 e. The summed E-state index contributed by atoms with van der Waals surface area (Å²) in [5.74, 6) is -1.00. The number of sulfonamides is 1. The maximum atomic E-state index is 14.5. The van der Waals surface area contributed by atoms with Gasteiger partial charge in [-0.1, -0.05) is 19.9 Å². The first-order valence-electron chi connectivity index (χ1n) is 12.6. The summed E-state index contributed by atoms with van der Waals surface area (Å²) in [6.07, 6.45) is 6.25. The van der Waals surface area contributed by atoms with E-state index in [0.717, 1.165) is 29.8 Å². The van der Waals surface area contributed by atoms with Crippen LogP contribution in [0.25, 0.3) is 22.6 Å². The van der Waals surface area contributed by atoms with E-state index in [0.29, 0.717) is 11.4 Å². The van der Waals surface area contributed by atoms with Crippen molar-refractivity contribution in [2.75, 3.05) is 10.5 Å². The van der Waals surface area contributed by atoms with Gasteiger partial charge in [-0.3, -0.25) is 4.72 Å². The molecule has 2 bridgehead atoms. The molecule has 9 nitrogen and oxygen atoms in total. The van der Waals surface area contributed by atoms with Crippen molar-refractivity contribution < 1.29 is 17.2 Å². The number of nitrogens with one attached hydrogen (secondary N) is 1. The van der Waals surface area contributed by atoms with Gasteiger partial charge in [-0.2, -0.15) is 5.10 Å². The number of benzene rings is 1. The van der Waals surface area contributed by atoms with Crippen LogP contribution in [0.4, 0.5) is 14.7 Å². The average Bonchev–Trinajstić information content (AvgIpc) is 3.30. The number of fused-ring (bicyclic) bond motifs is 5. The Balaban J connectivity index is 1.41. The van der Waals surface area contributed by atoms with Crippen LogP contribution in [0.2, 0.25) is 0 Å². The molecule has 2 aliphatic rings. The van der Waals surface area contributed by atoms with Crippen molar-refractivity contribution in [2.24, 2.45) is 5.41 Å². The zero-order chi connectivity index (χ0) is 27.6. The third-order valence-electron chi connectivity index (χ3n) is 8.23. The highest BCUT2D eigenvalue weighted by atomic mass is 32.2. The first-order chi connectivity index (χ1) is 18.6. The van der Waals surface area contributed by atoms with Gasteiger partial charge in [0.15, 0.2) is 5.82 Å². The van der Waals surface area contributed by atoms with Crippen molar-refractivity contribution >= 4 is 16.0 Å². The predicted octanol–water partition coefficient (Wildman–Crippen LogP) is 4.63. The summed E-state index contributed by atoms with van der Waals surface area (Å²) < 4.78 is 55.0. The molecule has 0 saturated heterocycles. The van der Waals surface area contributed by atoms with E-state index in [1.165, 1.54) is 37.5 Å². The SMILES string of the molecule is CCS(=O)(=O)Nc1ncc(-c2nccc([C@@]34CC[C@@H](c5cc(-c6c(F)cccc6F)nnc53)C4(C)C)n2)cn1. The Bertz CT molecular complexity index is 1690. The molecule has 1 aromatic carbocycles. The summed E-state index contributed by atoms with van der Waals surface area (Å²) in [5, 5.41) is 8.84. The number of anilines is 1. The van der Waals surface area contributed by atoms with Gasteiger partial charge in [0.25, 0.3) is 0 Å². The number of rotatable bonds is 6. The van der Waals surface area contributed by atoms with Crippen LogP contribution in [-0.4, -0.2) is 44.3 Å². The molecule has 6 rings (SSSR count). The van der Waals surface area contributed by atoms with Crippen molar-refractivity contribution in [2.45, 2.75) is 44.9 Å². The number of hydrogen-bond acceptors (Lipinski definition) is 8. The van der Waals surface area contributed by atoms with Gasteiger partial charge in [0.2, 0.25) is 16.0 Å². The molecular formula is C27H25F2N7O2S. The minimum atomic E-state index is -3.50. The van der Waals surface area contributed by atoms with Crippen molar-refractivity contribution in [3.63, 3.8) is 0 Å². The van der Waals surface area contributed by atoms with Crippen LogP contribution in [0.1, 0.15) is 56.5 Å². The molecule has 0 aliphatic heterocycles. The molecule has 0 unspecified atom stereocenters. The van der Waals surface area contributed by atoms with Gasteiger partial charge < -0.3 is 0 Å².